The zero-order valence-electron chi connectivity index (χ0n) is 12.3. The molecule has 0 atom stereocenters. The Morgan fingerprint density at radius 3 is 2.62 bits per heavy atom. The molecule has 2 N–H and O–H groups in total. The molecule has 1 heterocycles. The van der Waals surface area contributed by atoms with Crippen LogP contribution in [0.15, 0.2) is 4.52 Å². The summed E-state index contributed by atoms with van der Waals surface area (Å²) in [6.07, 6.45) is 2.48. The van der Waals surface area contributed by atoms with E-state index >= 15 is 0 Å². The van der Waals surface area contributed by atoms with Gasteiger partial charge in [0.05, 0.1) is 23.4 Å². The van der Waals surface area contributed by atoms with E-state index in [1.165, 1.54) is 11.8 Å². The first kappa shape index (κ1) is 15.9. The van der Waals surface area contributed by atoms with E-state index in [0.717, 1.165) is 36.3 Å². The molecule has 0 saturated heterocycles. The number of thioether (sulfide) groups is 1. The molecule has 1 aliphatic carbocycles. The minimum Gasteiger partial charge on any atom is -0.481 e. The quantitative estimate of drug-likeness (QED) is 0.800. The number of rotatable bonds is 7. The van der Waals surface area contributed by atoms with Gasteiger partial charge in [0.2, 0.25) is 5.91 Å². The number of hydrogen-bond donors (Lipinski definition) is 2. The van der Waals surface area contributed by atoms with E-state index in [-0.39, 0.29) is 12.3 Å². The number of nitrogens with zero attached hydrogens (tertiary/aromatic N) is 1. The van der Waals surface area contributed by atoms with Crippen LogP contribution in [0.4, 0.5) is 0 Å². The Morgan fingerprint density at radius 2 is 2.14 bits per heavy atom. The van der Waals surface area contributed by atoms with E-state index in [9.17, 15) is 9.59 Å². The normalized spacial score (nSPS) is 16.3. The van der Waals surface area contributed by atoms with Crippen LogP contribution in [0.3, 0.4) is 0 Å². The summed E-state index contributed by atoms with van der Waals surface area (Å²) in [6, 6.07) is 0. The highest BCUT2D eigenvalue weighted by molar-refractivity contribution is 7.99. The minimum absolute atomic E-state index is 0.00722. The Labute approximate surface area is 127 Å². The Morgan fingerprint density at radius 1 is 1.43 bits per heavy atom. The van der Waals surface area contributed by atoms with Gasteiger partial charge in [-0.15, -0.1) is 11.8 Å². The van der Waals surface area contributed by atoms with Crippen molar-refractivity contribution in [3.05, 3.63) is 17.0 Å². The van der Waals surface area contributed by atoms with Gasteiger partial charge in [-0.25, -0.2) is 0 Å². The van der Waals surface area contributed by atoms with Crippen molar-refractivity contribution in [2.75, 3.05) is 5.75 Å². The van der Waals surface area contributed by atoms with Crippen LogP contribution < -0.4 is 5.32 Å². The van der Waals surface area contributed by atoms with Gasteiger partial charge in [0.25, 0.3) is 0 Å². The monoisotopic (exact) mass is 312 g/mol. The van der Waals surface area contributed by atoms with Crippen LogP contribution >= 0.6 is 11.8 Å². The number of carbonyl (C=O) groups is 2. The second-order valence-corrected chi connectivity index (χ2v) is 6.53. The highest BCUT2D eigenvalue weighted by Crippen LogP contribution is 2.35. The second kappa shape index (κ2) is 6.51. The Kier molecular flexibility index (Phi) is 4.92. The summed E-state index contributed by atoms with van der Waals surface area (Å²) in [7, 11) is 0. The van der Waals surface area contributed by atoms with Crippen molar-refractivity contribution in [1.82, 2.24) is 10.5 Å². The van der Waals surface area contributed by atoms with Crippen LogP contribution in [-0.4, -0.2) is 33.4 Å². The lowest BCUT2D eigenvalue weighted by Gasteiger charge is -2.41. The Bertz CT molecular complexity index is 518. The van der Waals surface area contributed by atoms with Gasteiger partial charge in [-0.05, 0) is 33.1 Å². The van der Waals surface area contributed by atoms with Crippen molar-refractivity contribution in [2.45, 2.75) is 50.8 Å². The highest BCUT2D eigenvalue weighted by atomic mass is 32.2. The number of hydrogen-bond acceptors (Lipinski definition) is 5. The predicted molar refractivity (Wildman–Crippen MR) is 79.1 cm³/mol. The van der Waals surface area contributed by atoms with Crippen LogP contribution in [0.25, 0.3) is 0 Å². The molecule has 1 saturated carbocycles. The molecule has 1 aliphatic rings. The molecular formula is C14H20N2O4S. The van der Waals surface area contributed by atoms with Crippen molar-refractivity contribution in [1.29, 1.82) is 0 Å². The fraction of sp³-hybridized carbons (Fsp3) is 0.643. The van der Waals surface area contributed by atoms with Gasteiger partial charge in [-0.2, -0.15) is 0 Å². The number of amides is 1. The molecule has 21 heavy (non-hydrogen) atoms. The second-order valence-electron chi connectivity index (χ2n) is 5.55. The van der Waals surface area contributed by atoms with E-state index in [1.807, 2.05) is 13.8 Å². The molecule has 0 aliphatic heterocycles. The third-order valence-electron chi connectivity index (χ3n) is 3.87. The highest BCUT2D eigenvalue weighted by Gasteiger charge is 2.40. The van der Waals surface area contributed by atoms with E-state index in [4.69, 9.17) is 9.63 Å². The zero-order chi connectivity index (χ0) is 15.5. The Balaban J connectivity index is 1.78. The van der Waals surface area contributed by atoms with E-state index in [2.05, 4.69) is 10.5 Å². The molecule has 7 heteroatoms. The molecule has 1 aromatic heterocycles. The molecule has 0 aromatic carbocycles. The Hall–Kier alpha value is -1.50. The third-order valence-corrected chi connectivity index (χ3v) is 4.82. The molecule has 6 nitrogen and oxygen atoms in total. The summed E-state index contributed by atoms with van der Waals surface area (Å²) in [5, 5.41) is 15.7. The summed E-state index contributed by atoms with van der Waals surface area (Å²) in [4.78, 5) is 22.8. The maximum atomic E-state index is 12.0. The first-order valence-electron chi connectivity index (χ1n) is 6.94. The fourth-order valence-corrected chi connectivity index (χ4v) is 3.50. The van der Waals surface area contributed by atoms with Crippen LogP contribution in [0.2, 0.25) is 0 Å². The van der Waals surface area contributed by atoms with Crippen molar-refractivity contribution in [2.24, 2.45) is 0 Å². The largest absolute Gasteiger partial charge is 0.481 e. The molecular weight excluding hydrogens is 292 g/mol. The van der Waals surface area contributed by atoms with E-state index in [0.29, 0.717) is 11.5 Å². The van der Waals surface area contributed by atoms with Crippen LogP contribution in [0, 0.1) is 13.8 Å². The van der Waals surface area contributed by atoms with Crippen LogP contribution in [-0.2, 0) is 15.3 Å². The molecule has 116 valence electrons. The van der Waals surface area contributed by atoms with Crippen LogP contribution in [0.1, 0.15) is 42.7 Å². The number of aliphatic carboxylic acids is 1. The average Bonchev–Trinajstić information content (AvgIpc) is 2.67. The van der Waals surface area contributed by atoms with Gasteiger partial charge in [-0.3, -0.25) is 9.59 Å². The molecule has 0 unspecified atom stereocenters. The van der Waals surface area contributed by atoms with Crippen molar-refractivity contribution < 1.29 is 19.2 Å². The molecule has 1 aromatic rings. The third kappa shape index (κ3) is 4.00. The average molecular weight is 312 g/mol. The first-order valence-corrected chi connectivity index (χ1v) is 8.10. The molecule has 1 fully saturated rings. The summed E-state index contributed by atoms with van der Waals surface area (Å²) < 4.78 is 5.07. The summed E-state index contributed by atoms with van der Waals surface area (Å²) >= 11 is 1.48. The van der Waals surface area contributed by atoms with Gasteiger partial charge in [-0.1, -0.05) is 5.16 Å². The molecule has 1 amide bonds. The van der Waals surface area contributed by atoms with Crippen LogP contribution in [0.5, 0.6) is 0 Å². The van der Waals surface area contributed by atoms with Gasteiger partial charge < -0.3 is 14.9 Å². The lowest BCUT2D eigenvalue weighted by atomic mass is 9.74. The molecule has 0 bridgehead atoms. The van der Waals surface area contributed by atoms with Gasteiger partial charge in [0.15, 0.2) is 0 Å². The number of carboxylic acid groups (broad SMARTS) is 1. The van der Waals surface area contributed by atoms with Gasteiger partial charge in [0, 0.05) is 11.3 Å². The summed E-state index contributed by atoms with van der Waals surface area (Å²) in [5.74, 6) is 0.791. The zero-order valence-corrected chi connectivity index (χ0v) is 13.1. The fourth-order valence-electron chi connectivity index (χ4n) is 2.52. The first-order chi connectivity index (χ1) is 9.92. The molecule has 0 radical (unpaired) electrons. The van der Waals surface area contributed by atoms with E-state index in [1.54, 1.807) is 0 Å². The number of carbonyl (C=O) groups excluding carboxylic acids is 1. The lowest BCUT2D eigenvalue weighted by molar-refractivity contribution is -0.140. The summed E-state index contributed by atoms with van der Waals surface area (Å²) in [6.45, 7) is 3.73. The minimum atomic E-state index is -0.863. The van der Waals surface area contributed by atoms with Gasteiger partial charge in [0.1, 0.15) is 5.76 Å². The SMILES string of the molecule is Cc1noc(C)c1CSCC(=O)NC1(CC(=O)O)CCC1. The summed E-state index contributed by atoms with van der Waals surface area (Å²) in [5.41, 5.74) is 1.35. The number of nitrogens with one attached hydrogen (secondary N) is 1. The number of aryl methyl sites for hydroxylation is 2. The number of carboxylic acids is 1. The predicted octanol–water partition coefficient (Wildman–Crippen LogP) is 2.04. The van der Waals surface area contributed by atoms with Crippen molar-refractivity contribution in [3.8, 4) is 0 Å². The maximum Gasteiger partial charge on any atom is 0.305 e. The lowest BCUT2D eigenvalue weighted by Crippen LogP contribution is -2.55. The van der Waals surface area contributed by atoms with Gasteiger partial charge >= 0.3 is 5.97 Å². The smallest absolute Gasteiger partial charge is 0.305 e. The maximum absolute atomic E-state index is 12.0. The molecule has 0 spiro atoms. The van der Waals surface area contributed by atoms with E-state index < -0.39 is 11.5 Å². The molecule has 2 rings (SSSR count). The topological polar surface area (TPSA) is 92.4 Å². The number of aromatic nitrogens is 1. The van der Waals surface area contributed by atoms with Crippen molar-refractivity contribution in [3.63, 3.8) is 0 Å². The van der Waals surface area contributed by atoms with Crippen molar-refractivity contribution >= 4 is 23.6 Å². The standard InChI is InChI=1S/C14H20N2O4S/c1-9-11(10(2)20-16-9)7-21-8-12(17)15-14(4-3-5-14)6-13(18)19/h3-8H2,1-2H3,(H,15,17)(H,18,19).